The summed E-state index contributed by atoms with van der Waals surface area (Å²) in [7, 11) is 0. The van der Waals surface area contributed by atoms with Gasteiger partial charge in [-0.1, -0.05) is 17.7 Å². The molecule has 0 aliphatic heterocycles. The fraction of sp³-hybridized carbons (Fsp3) is 0. The van der Waals surface area contributed by atoms with Gasteiger partial charge >= 0.3 is 0 Å². The molecule has 1 aliphatic carbocycles. The van der Waals surface area contributed by atoms with Crippen LogP contribution in [0.3, 0.4) is 0 Å². The van der Waals surface area contributed by atoms with Gasteiger partial charge in [0.25, 0.3) is 0 Å². The van der Waals surface area contributed by atoms with Crippen molar-refractivity contribution in [1.82, 2.24) is 4.98 Å². The maximum Gasteiger partial charge on any atom is 0.129 e. The number of halogens is 1. The number of fused-ring (bicyclic) bond motifs is 1. The molecule has 1 nitrogen and oxygen atoms in total. The van der Waals surface area contributed by atoms with Crippen LogP contribution in [0.2, 0.25) is 5.15 Å². The molecule has 1 aromatic rings. The van der Waals surface area contributed by atoms with Crippen LogP contribution in [-0.2, 0) is 0 Å². The van der Waals surface area contributed by atoms with Gasteiger partial charge in [-0.05, 0) is 30.4 Å². The van der Waals surface area contributed by atoms with Crippen molar-refractivity contribution in [3.05, 3.63) is 46.4 Å². The van der Waals surface area contributed by atoms with Crippen molar-refractivity contribution in [1.29, 1.82) is 0 Å². The number of hydrogen-bond acceptors (Lipinski definition) is 1. The molecule has 1 aromatic heterocycles. The highest BCUT2D eigenvalue weighted by Crippen LogP contribution is 2.15. The first-order valence-electron chi connectivity index (χ1n) is 3.62. The third-order valence-electron chi connectivity index (χ3n) is 1.61. The Bertz CT molecular complexity index is 398. The molecule has 0 N–H and O–H groups in total. The van der Waals surface area contributed by atoms with Crippen LogP contribution in [0, 0.1) is 0 Å². The van der Waals surface area contributed by atoms with Crippen molar-refractivity contribution in [3.63, 3.8) is 0 Å². The highest BCUT2D eigenvalue weighted by molar-refractivity contribution is 6.29. The summed E-state index contributed by atoms with van der Waals surface area (Å²) in [4.78, 5) is 4.16. The zero-order chi connectivity index (χ0) is 8.39. The quantitative estimate of drug-likeness (QED) is 0.437. The SMILES string of the molecule is Clc1ccc2c(n1)C=CC=C=C2. The monoisotopic (exact) mass is 175 g/mol. The molecule has 0 atom stereocenters. The first kappa shape index (κ1) is 7.35. The van der Waals surface area contributed by atoms with Gasteiger partial charge in [0.1, 0.15) is 5.15 Å². The number of hydrogen-bond donors (Lipinski definition) is 0. The van der Waals surface area contributed by atoms with Crippen LogP contribution in [0.25, 0.3) is 12.2 Å². The van der Waals surface area contributed by atoms with Gasteiger partial charge in [-0.2, -0.15) is 0 Å². The minimum atomic E-state index is 0.522. The topological polar surface area (TPSA) is 12.9 Å². The summed E-state index contributed by atoms with van der Waals surface area (Å²) in [5.41, 5.74) is 4.94. The normalized spacial score (nSPS) is 12.8. The van der Waals surface area contributed by atoms with E-state index in [1.54, 1.807) is 6.07 Å². The van der Waals surface area contributed by atoms with Gasteiger partial charge in [-0.25, -0.2) is 4.98 Å². The molecular weight excluding hydrogens is 170 g/mol. The standard InChI is InChI=1S/C10H6ClN/c11-10-7-6-8-4-2-1-3-5-9(8)12-10/h1,3-7H. The van der Waals surface area contributed by atoms with E-state index in [0.717, 1.165) is 11.3 Å². The lowest BCUT2D eigenvalue weighted by molar-refractivity contribution is 1.28. The molecule has 1 heterocycles. The molecular formula is C10H6ClN. The molecule has 0 radical (unpaired) electrons. The molecule has 0 unspecified atom stereocenters. The maximum atomic E-state index is 5.74. The van der Waals surface area contributed by atoms with Crippen molar-refractivity contribution in [2.24, 2.45) is 0 Å². The van der Waals surface area contributed by atoms with Gasteiger partial charge in [0.15, 0.2) is 0 Å². The predicted octanol–water partition coefficient (Wildman–Crippen LogP) is 2.93. The molecule has 0 amide bonds. The lowest BCUT2D eigenvalue weighted by atomic mass is 10.2. The minimum Gasteiger partial charge on any atom is -0.236 e. The molecule has 0 fully saturated rings. The minimum absolute atomic E-state index is 0.522. The largest absolute Gasteiger partial charge is 0.236 e. The Hall–Kier alpha value is -1.30. The van der Waals surface area contributed by atoms with Crippen LogP contribution in [-0.4, -0.2) is 4.98 Å². The van der Waals surface area contributed by atoms with E-state index in [0.29, 0.717) is 5.15 Å². The average molecular weight is 176 g/mol. The zero-order valence-electron chi connectivity index (χ0n) is 6.29. The van der Waals surface area contributed by atoms with Crippen molar-refractivity contribution in [3.8, 4) is 0 Å². The fourth-order valence-corrected chi connectivity index (χ4v) is 1.20. The van der Waals surface area contributed by atoms with Gasteiger partial charge in [0.05, 0.1) is 5.69 Å². The van der Waals surface area contributed by atoms with Gasteiger partial charge in [0, 0.05) is 5.56 Å². The molecule has 0 aromatic carbocycles. The van der Waals surface area contributed by atoms with Crippen molar-refractivity contribution < 1.29 is 0 Å². The van der Waals surface area contributed by atoms with E-state index < -0.39 is 0 Å². The van der Waals surface area contributed by atoms with Crippen molar-refractivity contribution in [2.75, 3.05) is 0 Å². The summed E-state index contributed by atoms with van der Waals surface area (Å²) >= 11 is 5.74. The lowest BCUT2D eigenvalue weighted by Gasteiger charge is -1.97. The molecule has 0 saturated carbocycles. The molecule has 1 aliphatic rings. The summed E-state index contributed by atoms with van der Waals surface area (Å²) < 4.78 is 0. The summed E-state index contributed by atoms with van der Waals surface area (Å²) in [5.74, 6) is 0. The number of pyridine rings is 1. The van der Waals surface area contributed by atoms with E-state index >= 15 is 0 Å². The molecule has 0 spiro atoms. The molecule has 0 saturated heterocycles. The van der Waals surface area contributed by atoms with Crippen LogP contribution in [0.1, 0.15) is 11.3 Å². The first-order chi connectivity index (χ1) is 5.86. The molecule has 2 rings (SSSR count). The van der Waals surface area contributed by atoms with E-state index in [1.165, 1.54) is 0 Å². The smallest absolute Gasteiger partial charge is 0.129 e. The molecule has 2 heteroatoms. The van der Waals surface area contributed by atoms with E-state index in [1.807, 2.05) is 30.4 Å². The average Bonchev–Trinajstić information content (AvgIpc) is 2.28. The van der Waals surface area contributed by atoms with Crippen LogP contribution in [0.15, 0.2) is 30.0 Å². The Labute approximate surface area is 75.7 Å². The van der Waals surface area contributed by atoms with Crippen LogP contribution in [0.4, 0.5) is 0 Å². The van der Waals surface area contributed by atoms with Crippen molar-refractivity contribution >= 4 is 23.8 Å². The number of allylic oxidation sites excluding steroid dienone is 2. The van der Waals surface area contributed by atoms with E-state index in [9.17, 15) is 0 Å². The van der Waals surface area contributed by atoms with E-state index in [4.69, 9.17) is 11.6 Å². The predicted molar refractivity (Wildman–Crippen MR) is 50.8 cm³/mol. The van der Waals surface area contributed by atoms with Gasteiger partial charge in [-0.15, -0.1) is 5.73 Å². The molecule has 58 valence electrons. The van der Waals surface area contributed by atoms with Crippen LogP contribution >= 0.6 is 11.6 Å². The highest BCUT2D eigenvalue weighted by Gasteiger charge is 1.99. The zero-order valence-corrected chi connectivity index (χ0v) is 7.05. The Balaban J connectivity index is 2.65. The van der Waals surface area contributed by atoms with E-state index in [2.05, 4.69) is 10.7 Å². The van der Waals surface area contributed by atoms with Crippen LogP contribution in [0.5, 0.6) is 0 Å². The summed E-state index contributed by atoms with van der Waals surface area (Å²) in [6.45, 7) is 0. The van der Waals surface area contributed by atoms with Crippen LogP contribution < -0.4 is 0 Å². The molecule has 0 bridgehead atoms. The van der Waals surface area contributed by atoms with Gasteiger partial charge in [0.2, 0.25) is 0 Å². The highest BCUT2D eigenvalue weighted by atomic mass is 35.5. The maximum absolute atomic E-state index is 5.74. The third-order valence-corrected chi connectivity index (χ3v) is 1.82. The Morgan fingerprint density at radius 1 is 1.33 bits per heavy atom. The Morgan fingerprint density at radius 2 is 2.25 bits per heavy atom. The van der Waals surface area contributed by atoms with E-state index in [-0.39, 0.29) is 0 Å². The molecule has 12 heavy (non-hydrogen) atoms. The summed E-state index contributed by atoms with van der Waals surface area (Å²) in [6.07, 6.45) is 7.54. The Kier molecular flexibility index (Phi) is 1.83. The second-order valence-electron chi connectivity index (χ2n) is 2.45. The fourth-order valence-electron chi connectivity index (χ4n) is 1.05. The summed E-state index contributed by atoms with van der Waals surface area (Å²) in [6, 6.07) is 3.71. The number of nitrogens with zero attached hydrogens (tertiary/aromatic N) is 1. The lowest BCUT2D eigenvalue weighted by Crippen LogP contribution is -1.85. The third kappa shape index (κ3) is 1.33. The van der Waals surface area contributed by atoms with Crippen molar-refractivity contribution in [2.45, 2.75) is 0 Å². The second kappa shape index (κ2) is 2.98. The Morgan fingerprint density at radius 3 is 3.17 bits per heavy atom. The van der Waals surface area contributed by atoms with Gasteiger partial charge in [-0.3, -0.25) is 0 Å². The van der Waals surface area contributed by atoms with Gasteiger partial charge < -0.3 is 0 Å². The summed E-state index contributed by atoms with van der Waals surface area (Å²) in [5, 5.41) is 0.522. The number of rotatable bonds is 0. The second-order valence-corrected chi connectivity index (χ2v) is 2.83. The first-order valence-corrected chi connectivity index (χ1v) is 4.00. The number of aromatic nitrogens is 1.